The van der Waals surface area contributed by atoms with Crippen LogP contribution < -0.4 is 9.47 Å². The van der Waals surface area contributed by atoms with Crippen LogP contribution in [0.2, 0.25) is 0 Å². The SMILES string of the molecule is COc1ccc2[nH]c(C)c(CC(=O)Oc3ccc(C(=O)OCCN4CCOCC4)cc3)c2c1. The monoisotopic (exact) mass is 452 g/mol. The Morgan fingerprint density at radius 2 is 1.79 bits per heavy atom. The van der Waals surface area contributed by atoms with Crippen molar-refractivity contribution >= 4 is 22.8 Å². The fraction of sp³-hybridized carbons (Fsp3) is 0.360. The molecule has 1 N–H and O–H groups in total. The van der Waals surface area contributed by atoms with Gasteiger partial charge in [-0.05, 0) is 55.0 Å². The lowest BCUT2D eigenvalue weighted by Gasteiger charge is -2.26. The summed E-state index contributed by atoms with van der Waals surface area (Å²) in [6, 6.07) is 12.1. The van der Waals surface area contributed by atoms with Crippen molar-refractivity contribution in [2.45, 2.75) is 13.3 Å². The molecular formula is C25H28N2O6. The number of H-pyrrole nitrogens is 1. The molecule has 4 rings (SSSR count). The van der Waals surface area contributed by atoms with Crippen LogP contribution in [0.1, 0.15) is 21.6 Å². The van der Waals surface area contributed by atoms with E-state index in [-0.39, 0.29) is 12.4 Å². The van der Waals surface area contributed by atoms with E-state index in [1.54, 1.807) is 31.4 Å². The van der Waals surface area contributed by atoms with Crippen LogP contribution in [0.4, 0.5) is 0 Å². The number of carbonyl (C=O) groups excluding carboxylic acids is 2. The zero-order chi connectivity index (χ0) is 23.2. The molecule has 1 aliphatic heterocycles. The van der Waals surface area contributed by atoms with Crippen molar-refractivity contribution in [2.75, 3.05) is 46.6 Å². The summed E-state index contributed by atoms with van der Waals surface area (Å²) in [6.07, 6.45) is 0.115. The largest absolute Gasteiger partial charge is 0.497 e. The predicted molar refractivity (Wildman–Crippen MR) is 123 cm³/mol. The molecule has 8 heteroatoms. The first-order chi connectivity index (χ1) is 16.0. The number of aromatic amines is 1. The van der Waals surface area contributed by atoms with E-state index in [4.69, 9.17) is 18.9 Å². The van der Waals surface area contributed by atoms with Gasteiger partial charge in [0, 0.05) is 36.2 Å². The average molecular weight is 453 g/mol. The molecule has 174 valence electrons. The highest BCUT2D eigenvalue weighted by Gasteiger charge is 2.16. The molecule has 0 radical (unpaired) electrons. The van der Waals surface area contributed by atoms with E-state index in [9.17, 15) is 9.59 Å². The van der Waals surface area contributed by atoms with Crippen LogP contribution in [0, 0.1) is 6.92 Å². The van der Waals surface area contributed by atoms with Gasteiger partial charge in [0.1, 0.15) is 18.1 Å². The van der Waals surface area contributed by atoms with Gasteiger partial charge in [-0.1, -0.05) is 0 Å². The quantitative estimate of drug-likeness (QED) is 0.415. The van der Waals surface area contributed by atoms with Crippen LogP contribution in [0.25, 0.3) is 10.9 Å². The minimum Gasteiger partial charge on any atom is -0.497 e. The number of morpholine rings is 1. The number of rotatable bonds is 8. The molecule has 1 aromatic heterocycles. The Hall–Kier alpha value is -3.36. The lowest BCUT2D eigenvalue weighted by molar-refractivity contribution is -0.133. The van der Waals surface area contributed by atoms with Crippen molar-refractivity contribution in [1.29, 1.82) is 0 Å². The number of nitrogens with one attached hydrogen (secondary N) is 1. The zero-order valence-electron chi connectivity index (χ0n) is 18.9. The predicted octanol–water partition coefficient (Wildman–Crippen LogP) is 3.12. The number of hydrogen-bond donors (Lipinski definition) is 1. The molecule has 2 heterocycles. The standard InChI is InChI=1S/C25H28N2O6/c1-17-21(22-15-20(30-2)7-8-23(22)26-17)16-24(28)33-19-5-3-18(4-6-19)25(29)32-14-11-27-9-12-31-13-10-27/h3-8,15,26H,9-14,16H2,1-2H3. The summed E-state index contributed by atoms with van der Waals surface area (Å²) in [4.78, 5) is 30.3. The summed E-state index contributed by atoms with van der Waals surface area (Å²) in [5.41, 5.74) is 3.13. The Kier molecular flexibility index (Phi) is 7.26. The van der Waals surface area contributed by atoms with E-state index in [2.05, 4.69) is 9.88 Å². The number of ether oxygens (including phenoxy) is 4. The van der Waals surface area contributed by atoms with Gasteiger partial charge < -0.3 is 23.9 Å². The minimum absolute atomic E-state index is 0.115. The summed E-state index contributed by atoms with van der Waals surface area (Å²) in [5, 5.41) is 0.930. The second-order valence-electron chi connectivity index (χ2n) is 7.91. The molecule has 8 nitrogen and oxygen atoms in total. The van der Waals surface area contributed by atoms with Crippen molar-refractivity contribution in [1.82, 2.24) is 9.88 Å². The van der Waals surface area contributed by atoms with Crippen LogP contribution in [-0.2, 0) is 20.7 Å². The van der Waals surface area contributed by atoms with Crippen molar-refractivity contribution in [2.24, 2.45) is 0 Å². The first kappa shape index (κ1) is 22.8. The molecule has 0 spiro atoms. The van der Waals surface area contributed by atoms with E-state index < -0.39 is 5.97 Å². The molecule has 0 bridgehead atoms. The molecule has 0 unspecified atom stereocenters. The number of aryl methyl sites for hydroxylation is 1. The first-order valence-electron chi connectivity index (χ1n) is 11.0. The van der Waals surface area contributed by atoms with Gasteiger partial charge in [-0.3, -0.25) is 9.69 Å². The lowest BCUT2D eigenvalue weighted by Crippen LogP contribution is -2.38. The van der Waals surface area contributed by atoms with Crippen LogP contribution in [0.15, 0.2) is 42.5 Å². The number of fused-ring (bicyclic) bond motifs is 1. The molecule has 1 fully saturated rings. The Balaban J connectivity index is 1.31. The summed E-state index contributed by atoms with van der Waals surface area (Å²) >= 11 is 0. The Morgan fingerprint density at radius 1 is 1.06 bits per heavy atom. The van der Waals surface area contributed by atoms with Crippen LogP contribution in [0.5, 0.6) is 11.5 Å². The maximum absolute atomic E-state index is 12.6. The number of methoxy groups -OCH3 is 1. The van der Waals surface area contributed by atoms with E-state index in [0.29, 0.717) is 37.7 Å². The van der Waals surface area contributed by atoms with Crippen molar-refractivity contribution in [3.63, 3.8) is 0 Å². The Labute approximate surface area is 192 Å². The van der Waals surface area contributed by atoms with Gasteiger partial charge in [-0.25, -0.2) is 4.79 Å². The number of esters is 2. The first-order valence-corrected chi connectivity index (χ1v) is 11.0. The second kappa shape index (κ2) is 10.5. The fourth-order valence-electron chi connectivity index (χ4n) is 3.86. The molecule has 0 saturated carbocycles. The number of hydrogen-bond acceptors (Lipinski definition) is 7. The summed E-state index contributed by atoms with van der Waals surface area (Å²) in [5.74, 6) is 0.315. The maximum Gasteiger partial charge on any atom is 0.338 e. The van der Waals surface area contributed by atoms with Gasteiger partial charge in [0.25, 0.3) is 0 Å². The van der Waals surface area contributed by atoms with Crippen molar-refractivity contribution < 1.29 is 28.5 Å². The Morgan fingerprint density at radius 3 is 2.52 bits per heavy atom. The van der Waals surface area contributed by atoms with Crippen LogP contribution in [-0.4, -0.2) is 68.4 Å². The van der Waals surface area contributed by atoms with Crippen molar-refractivity contribution in [3.8, 4) is 11.5 Å². The third kappa shape index (κ3) is 5.71. The molecule has 0 atom stereocenters. The van der Waals surface area contributed by atoms with Crippen LogP contribution in [0.3, 0.4) is 0 Å². The van der Waals surface area contributed by atoms with Crippen molar-refractivity contribution in [3.05, 3.63) is 59.3 Å². The van der Waals surface area contributed by atoms with E-state index >= 15 is 0 Å². The van der Waals surface area contributed by atoms with Gasteiger partial charge in [0.05, 0.1) is 32.3 Å². The van der Waals surface area contributed by atoms with Gasteiger partial charge >= 0.3 is 11.9 Å². The third-order valence-electron chi connectivity index (χ3n) is 5.71. The average Bonchev–Trinajstić information content (AvgIpc) is 3.14. The van der Waals surface area contributed by atoms with Crippen LogP contribution >= 0.6 is 0 Å². The highest BCUT2D eigenvalue weighted by Crippen LogP contribution is 2.27. The minimum atomic E-state index is -0.399. The maximum atomic E-state index is 12.6. The second-order valence-corrected chi connectivity index (χ2v) is 7.91. The molecule has 3 aromatic rings. The fourth-order valence-corrected chi connectivity index (χ4v) is 3.86. The number of benzene rings is 2. The topological polar surface area (TPSA) is 90.1 Å². The Bertz CT molecular complexity index is 1120. The smallest absolute Gasteiger partial charge is 0.338 e. The molecule has 1 aliphatic rings. The number of carbonyl (C=O) groups is 2. The summed E-state index contributed by atoms with van der Waals surface area (Å²) in [6.45, 7) is 6.06. The normalized spacial score (nSPS) is 14.2. The highest BCUT2D eigenvalue weighted by molar-refractivity contribution is 5.91. The van der Waals surface area contributed by atoms with E-state index in [1.807, 2.05) is 25.1 Å². The lowest BCUT2D eigenvalue weighted by atomic mass is 10.1. The van der Waals surface area contributed by atoms with Gasteiger partial charge in [-0.2, -0.15) is 0 Å². The zero-order valence-corrected chi connectivity index (χ0v) is 18.9. The van der Waals surface area contributed by atoms with Gasteiger partial charge in [0.15, 0.2) is 0 Å². The van der Waals surface area contributed by atoms with Gasteiger partial charge in [0.2, 0.25) is 0 Å². The van der Waals surface area contributed by atoms with E-state index in [0.717, 1.165) is 41.0 Å². The highest BCUT2D eigenvalue weighted by atomic mass is 16.5. The van der Waals surface area contributed by atoms with E-state index in [1.165, 1.54) is 0 Å². The summed E-state index contributed by atoms with van der Waals surface area (Å²) in [7, 11) is 1.61. The molecular weight excluding hydrogens is 424 g/mol. The summed E-state index contributed by atoms with van der Waals surface area (Å²) < 4.78 is 21.4. The molecule has 1 saturated heterocycles. The number of nitrogens with zero attached hydrogens (tertiary/aromatic N) is 1. The molecule has 0 aliphatic carbocycles. The third-order valence-corrected chi connectivity index (χ3v) is 5.71. The molecule has 2 aromatic carbocycles. The molecule has 0 amide bonds. The number of aromatic nitrogens is 1. The molecule has 33 heavy (non-hydrogen) atoms. The van der Waals surface area contributed by atoms with Gasteiger partial charge in [-0.15, -0.1) is 0 Å².